The summed E-state index contributed by atoms with van der Waals surface area (Å²) in [4.78, 5) is 0. The third-order valence-electron chi connectivity index (χ3n) is 5.91. The van der Waals surface area contributed by atoms with E-state index < -0.39 is 0 Å². The summed E-state index contributed by atoms with van der Waals surface area (Å²) in [5.41, 5.74) is 2.14. The van der Waals surface area contributed by atoms with E-state index in [9.17, 15) is 0 Å². The van der Waals surface area contributed by atoms with Gasteiger partial charge in [0.15, 0.2) is 22.5 Å². The summed E-state index contributed by atoms with van der Waals surface area (Å²) in [5, 5.41) is 10.1. The van der Waals surface area contributed by atoms with Crippen LogP contribution in [0.2, 0.25) is 0 Å². The Bertz CT molecular complexity index is 1030. The van der Waals surface area contributed by atoms with Crippen LogP contribution in [0.5, 0.6) is 17.2 Å². The molecule has 170 valence electrons. The Balaban J connectivity index is 1.55. The van der Waals surface area contributed by atoms with E-state index in [0.717, 1.165) is 46.5 Å². The summed E-state index contributed by atoms with van der Waals surface area (Å²) in [5.74, 6) is 4.05. The molecule has 7 heteroatoms. The largest absolute Gasteiger partial charge is 0.493 e. The fraction of sp³-hybridized carbons (Fsp3) is 0.440. The number of hydrogen-bond donors (Lipinski definition) is 0. The number of rotatable bonds is 9. The van der Waals surface area contributed by atoms with Crippen LogP contribution in [0.25, 0.3) is 11.4 Å². The minimum absolute atomic E-state index is 0.418. The van der Waals surface area contributed by atoms with Gasteiger partial charge in [-0.25, -0.2) is 0 Å². The van der Waals surface area contributed by atoms with Crippen LogP contribution in [0.1, 0.15) is 43.7 Å². The van der Waals surface area contributed by atoms with Gasteiger partial charge in [-0.3, -0.25) is 4.57 Å². The Kier molecular flexibility index (Phi) is 7.58. The van der Waals surface area contributed by atoms with Gasteiger partial charge in [-0.1, -0.05) is 49.2 Å². The molecule has 0 N–H and O–H groups in total. The third-order valence-corrected chi connectivity index (χ3v) is 6.82. The molecular formula is C25H31N3O3S. The van der Waals surface area contributed by atoms with E-state index in [0.29, 0.717) is 24.1 Å². The number of nitrogens with zero attached hydrogens (tertiary/aromatic N) is 3. The van der Waals surface area contributed by atoms with Crippen LogP contribution < -0.4 is 14.2 Å². The minimum atomic E-state index is 0.418. The van der Waals surface area contributed by atoms with E-state index in [4.69, 9.17) is 14.2 Å². The summed E-state index contributed by atoms with van der Waals surface area (Å²) < 4.78 is 19.2. The number of aromatic nitrogens is 3. The number of ether oxygens (including phenoxy) is 3. The van der Waals surface area contributed by atoms with Gasteiger partial charge in [0.1, 0.15) is 5.75 Å². The van der Waals surface area contributed by atoms with E-state index in [-0.39, 0.29) is 0 Å². The maximum absolute atomic E-state index is 5.98. The molecule has 1 heterocycles. The molecule has 1 aromatic heterocycles. The molecule has 2 aromatic carbocycles. The monoisotopic (exact) mass is 453 g/mol. The highest BCUT2D eigenvalue weighted by atomic mass is 32.2. The predicted molar refractivity (Wildman–Crippen MR) is 128 cm³/mol. The fourth-order valence-corrected chi connectivity index (χ4v) is 5.04. The van der Waals surface area contributed by atoms with E-state index in [1.807, 2.05) is 36.4 Å². The smallest absolute Gasteiger partial charge is 0.191 e. The Morgan fingerprint density at radius 1 is 0.938 bits per heavy atom. The van der Waals surface area contributed by atoms with Crippen molar-refractivity contribution < 1.29 is 14.2 Å². The Labute approximate surface area is 194 Å². The lowest BCUT2D eigenvalue weighted by Crippen LogP contribution is -2.15. The second-order valence-electron chi connectivity index (χ2n) is 8.00. The zero-order valence-electron chi connectivity index (χ0n) is 19.0. The second-order valence-corrected chi connectivity index (χ2v) is 9.06. The molecule has 1 saturated carbocycles. The summed E-state index contributed by atoms with van der Waals surface area (Å²) >= 11 is 1.71. The summed E-state index contributed by atoms with van der Waals surface area (Å²) in [6, 6.07) is 14.5. The van der Waals surface area contributed by atoms with Crippen LogP contribution in [0.3, 0.4) is 0 Å². The average molecular weight is 454 g/mol. The lowest BCUT2D eigenvalue weighted by molar-refractivity contribution is 0.335. The van der Waals surface area contributed by atoms with Gasteiger partial charge in [-0.05, 0) is 49.6 Å². The van der Waals surface area contributed by atoms with Gasteiger partial charge < -0.3 is 14.2 Å². The molecule has 4 rings (SSSR count). The Morgan fingerprint density at radius 3 is 2.47 bits per heavy atom. The molecule has 0 unspecified atom stereocenters. The molecule has 0 amide bonds. The molecule has 0 atom stereocenters. The van der Waals surface area contributed by atoms with Crippen molar-refractivity contribution in [3.8, 4) is 28.6 Å². The van der Waals surface area contributed by atoms with Crippen molar-refractivity contribution in [2.24, 2.45) is 0 Å². The zero-order chi connectivity index (χ0) is 22.3. The quantitative estimate of drug-likeness (QED) is 0.295. The van der Waals surface area contributed by atoms with Crippen molar-refractivity contribution in [2.45, 2.75) is 50.2 Å². The van der Waals surface area contributed by atoms with Gasteiger partial charge in [0.25, 0.3) is 0 Å². The van der Waals surface area contributed by atoms with E-state index >= 15 is 0 Å². The maximum Gasteiger partial charge on any atom is 0.191 e. The van der Waals surface area contributed by atoms with Crippen LogP contribution >= 0.6 is 11.8 Å². The van der Waals surface area contributed by atoms with Gasteiger partial charge in [0.05, 0.1) is 20.8 Å². The number of aryl methyl sites for hydroxylation is 1. The molecule has 0 spiro atoms. The van der Waals surface area contributed by atoms with Crippen molar-refractivity contribution in [2.75, 3.05) is 26.6 Å². The highest BCUT2D eigenvalue weighted by molar-refractivity contribution is 7.99. The average Bonchev–Trinajstić information content (AvgIpc) is 3.26. The fourth-order valence-electron chi connectivity index (χ4n) is 4.22. The molecule has 1 aliphatic rings. The van der Waals surface area contributed by atoms with Crippen molar-refractivity contribution in [1.82, 2.24) is 14.8 Å². The normalized spacial score (nSPS) is 14.3. The Morgan fingerprint density at radius 2 is 1.72 bits per heavy atom. The zero-order valence-corrected chi connectivity index (χ0v) is 19.9. The van der Waals surface area contributed by atoms with Crippen molar-refractivity contribution in [3.05, 3.63) is 48.0 Å². The molecule has 0 saturated heterocycles. The van der Waals surface area contributed by atoms with Crippen molar-refractivity contribution in [1.29, 1.82) is 0 Å². The lowest BCUT2D eigenvalue weighted by atomic mass is 9.95. The maximum atomic E-state index is 5.98. The summed E-state index contributed by atoms with van der Waals surface area (Å²) in [7, 11) is 3.30. The Hall–Kier alpha value is -2.67. The highest BCUT2D eigenvalue weighted by Crippen LogP contribution is 2.38. The number of hydrogen-bond acceptors (Lipinski definition) is 6. The molecule has 0 bridgehead atoms. The topological polar surface area (TPSA) is 58.4 Å². The first-order valence-corrected chi connectivity index (χ1v) is 12.2. The van der Waals surface area contributed by atoms with E-state index in [1.165, 1.54) is 19.3 Å². The van der Waals surface area contributed by atoms with E-state index in [1.54, 1.807) is 26.0 Å². The van der Waals surface area contributed by atoms with Gasteiger partial charge in [-0.2, -0.15) is 0 Å². The van der Waals surface area contributed by atoms with Crippen LogP contribution in [-0.4, -0.2) is 41.3 Å². The van der Waals surface area contributed by atoms with Crippen molar-refractivity contribution >= 4 is 11.8 Å². The summed E-state index contributed by atoms with van der Waals surface area (Å²) in [6.07, 6.45) is 6.11. The van der Waals surface area contributed by atoms with Crippen LogP contribution in [0, 0.1) is 6.92 Å². The first-order chi connectivity index (χ1) is 15.7. The molecule has 6 nitrogen and oxygen atoms in total. The number of thioether (sulfide) groups is 1. The SMILES string of the molecule is COc1ccc(-c2nnc(SCCOc3ccccc3C)n2C2CCCCC2)cc1OC. The third kappa shape index (κ3) is 5.04. The first-order valence-electron chi connectivity index (χ1n) is 11.2. The summed E-state index contributed by atoms with van der Waals surface area (Å²) in [6.45, 7) is 2.69. The number of methoxy groups -OCH3 is 2. The highest BCUT2D eigenvalue weighted by Gasteiger charge is 2.24. The number of benzene rings is 2. The molecule has 0 aliphatic heterocycles. The van der Waals surface area contributed by atoms with Crippen LogP contribution in [0.15, 0.2) is 47.6 Å². The lowest BCUT2D eigenvalue weighted by Gasteiger charge is -2.25. The standard InChI is InChI=1S/C25H31N3O3S/c1-18-9-7-8-12-21(18)31-15-16-32-25-27-26-24(28(25)20-10-5-4-6-11-20)19-13-14-22(29-2)23(17-19)30-3/h7-9,12-14,17,20H,4-6,10-11,15-16H2,1-3H3. The van der Waals surface area contributed by atoms with E-state index in [2.05, 4.69) is 27.8 Å². The first kappa shape index (κ1) is 22.5. The van der Waals surface area contributed by atoms with Crippen molar-refractivity contribution in [3.63, 3.8) is 0 Å². The van der Waals surface area contributed by atoms with Gasteiger partial charge in [0.2, 0.25) is 0 Å². The molecule has 0 radical (unpaired) electrons. The molecule has 1 aliphatic carbocycles. The molecule has 32 heavy (non-hydrogen) atoms. The minimum Gasteiger partial charge on any atom is -0.493 e. The molecule has 3 aromatic rings. The van der Waals surface area contributed by atoms with Gasteiger partial charge in [0, 0.05) is 17.4 Å². The second kappa shape index (κ2) is 10.8. The van der Waals surface area contributed by atoms with Crippen LogP contribution in [0.4, 0.5) is 0 Å². The molecular weight excluding hydrogens is 422 g/mol. The molecule has 1 fully saturated rings. The number of para-hydroxylation sites is 1. The van der Waals surface area contributed by atoms with Gasteiger partial charge in [-0.15, -0.1) is 10.2 Å². The predicted octanol–water partition coefficient (Wildman–Crippen LogP) is 5.95. The van der Waals surface area contributed by atoms with Gasteiger partial charge >= 0.3 is 0 Å². The van der Waals surface area contributed by atoms with Crippen LogP contribution in [-0.2, 0) is 0 Å².